The molecule has 130 valence electrons. The lowest BCUT2D eigenvalue weighted by Gasteiger charge is -2.05. The number of ether oxygens (including phenoxy) is 2. The fourth-order valence-electron chi connectivity index (χ4n) is 2.87. The first-order valence-electron chi connectivity index (χ1n) is 8.48. The Kier molecular flexibility index (Phi) is 4.51. The molecular weight excluding hydrogens is 326 g/mol. The fraction of sp³-hybridized carbons (Fsp3) is 0.143. The molecule has 0 spiro atoms. The van der Waals surface area contributed by atoms with Gasteiger partial charge in [-0.1, -0.05) is 30.3 Å². The molecule has 1 N–H and O–H groups in total. The summed E-state index contributed by atoms with van der Waals surface area (Å²) in [6, 6.07) is 20.2. The Labute approximate surface area is 151 Å². The molecule has 0 radical (unpaired) electrons. The van der Waals surface area contributed by atoms with Crippen molar-refractivity contribution in [3.05, 3.63) is 72.6 Å². The number of nitrogens with one attached hydrogen (secondary N) is 1. The average Bonchev–Trinajstić information content (AvgIpc) is 3.14. The number of methoxy groups -OCH3 is 1. The maximum absolute atomic E-state index is 5.92. The monoisotopic (exact) mass is 345 g/mol. The smallest absolute Gasteiger partial charge is 0.226 e. The summed E-state index contributed by atoms with van der Waals surface area (Å²) in [7, 11) is 1.66. The second-order valence-corrected chi connectivity index (χ2v) is 5.94. The van der Waals surface area contributed by atoms with Gasteiger partial charge in [0.1, 0.15) is 17.7 Å². The molecule has 2 heterocycles. The SMILES string of the molecule is COc1ccc(-c2cc3c(OCCc4ccccc4)ncnc3[nH]2)cc1. The number of hydrogen-bond donors (Lipinski definition) is 1. The van der Waals surface area contributed by atoms with Crippen LogP contribution in [0.15, 0.2) is 67.0 Å². The molecule has 0 bridgehead atoms. The lowest BCUT2D eigenvalue weighted by Crippen LogP contribution is -2.03. The highest BCUT2D eigenvalue weighted by molar-refractivity contribution is 5.86. The fourth-order valence-corrected chi connectivity index (χ4v) is 2.87. The van der Waals surface area contributed by atoms with Gasteiger partial charge in [0.25, 0.3) is 0 Å². The van der Waals surface area contributed by atoms with Crippen LogP contribution >= 0.6 is 0 Å². The first kappa shape index (κ1) is 16.1. The number of benzene rings is 2. The Hall–Kier alpha value is -3.34. The van der Waals surface area contributed by atoms with Crippen LogP contribution in [0.3, 0.4) is 0 Å². The molecule has 0 aliphatic carbocycles. The molecule has 0 aliphatic rings. The van der Waals surface area contributed by atoms with Crippen molar-refractivity contribution < 1.29 is 9.47 Å². The van der Waals surface area contributed by atoms with Crippen LogP contribution in [0.5, 0.6) is 11.6 Å². The second-order valence-electron chi connectivity index (χ2n) is 5.94. The van der Waals surface area contributed by atoms with Crippen molar-refractivity contribution >= 4 is 11.0 Å². The summed E-state index contributed by atoms with van der Waals surface area (Å²) >= 11 is 0. The molecule has 0 aliphatic heterocycles. The summed E-state index contributed by atoms with van der Waals surface area (Å²) in [6.45, 7) is 0.569. The molecule has 0 saturated heterocycles. The van der Waals surface area contributed by atoms with E-state index >= 15 is 0 Å². The van der Waals surface area contributed by atoms with Crippen LogP contribution in [0.2, 0.25) is 0 Å². The second kappa shape index (κ2) is 7.27. The van der Waals surface area contributed by atoms with Gasteiger partial charge in [-0.05, 0) is 41.5 Å². The molecule has 0 saturated carbocycles. The third kappa shape index (κ3) is 3.37. The minimum atomic E-state index is 0.569. The lowest BCUT2D eigenvalue weighted by molar-refractivity contribution is 0.313. The molecule has 4 aromatic rings. The number of hydrogen-bond acceptors (Lipinski definition) is 4. The maximum Gasteiger partial charge on any atom is 0.226 e. The predicted octanol–water partition coefficient (Wildman–Crippen LogP) is 4.26. The van der Waals surface area contributed by atoms with Gasteiger partial charge in [0.05, 0.1) is 19.1 Å². The number of aromatic nitrogens is 3. The summed E-state index contributed by atoms with van der Waals surface area (Å²) in [5, 5.41) is 0.881. The van der Waals surface area contributed by atoms with Crippen molar-refractivity contribution in [3.63, 3.8) is 0 Å². The summed E-state index contributed by atoms with van der Waals surface area (Å²) in [6.07, 6.45) is 2.36. The highest BCUT2D eigenvalue weighted by Crippen LogP contribution is 2.28. The molecule has 4 rings (SSSR count). The number of rotatable bonds is 6. The number of aromatic amines is 1. The molecular formula is C21H19N3O2. The Balaban J connectivity index is 1.55. The Morgan fingerprint density at radius 3 is 2.54 bits per heavy atom. The van der Waals surface area contributed by atoms with E-state index < -0.39 is 0 Å². The zero-order valence-electron chi connectivity index (χ0n) is 14.5. The van der Waals surface area contributed by atoms with Gasteiger partial charge in [0.2, 0.25) is 5.88 Å². The van der Waals surface area contributed by atoms with Gasteiger partial charge in [-0.15, -0.1) is 0 Å². The van der Waals surface area contributed by atoms with Crippen molar-refractivity contribution in [1.29, 1.82) is 0 Å². The van der Waals surface area contributed by atoms with E-state index in [1.165, 1.54) is 11.9 Å². The topological polar surface area (TPSA) is 60.0 Å². The van der Waals surface area contributed by atoms with Gasteiger partial charge < -0.3 is 14.5 Å². The predicted molar refractivity (Wildman–Crippen MR) is 102 cm³/mol. The third-order valence-corrected chi connectivity index (χ3v) is 4.26. The number of nitrogens with zero attached hydrogens (tertiary/aromatic N) is 2. The normalized spacial score (nSPS) is 10.8. The van der Waals surface area contributed by atoms with Gasteiger partial charge in [-0.3, -0.25) is 0 Å². The molecule has 0 fully saturated rings. The lowest BCUT2D eigenvalue weighted by atomic mass is 10.1. The van der Waals surface area contributed by atoms with E-state index in [2.05, 4.69) is 27.1 Å². The van der Waals surface area contributed by atoms with Gasteiger partial charge in [-0.2, -0.15) is 0 Å². The summed E-state index contributed by atoms with van der Waals surface area (Å²) < 4.78 is 11.1. The van der Waals surface area contributed by atoms with E-state index in [4.69, 9.17) is 9.47 Å². The van der Waals surface area contributed by atoms with Crippen LogP contribution in [-0.2, 0) is 6.42 Å². The molecule has 2 aromatic carbocycles. The van der Waals surface area contributed by atoms with E-state index in [9.17, 15) is 0 Å². The standard InChI is InChI=1S/C21H19N3O2/c1-25-17-9-7-16(8-10-17)19-13-18-20(24-19)22-14-23-21(18)26-12-11-15-5-3-2-4-6-15/h2-10,13-14H,11-12H2,1H3,(H,22,23,24). The molecule has 5 heteroatoms. The molecule has 5 nitrogen and oxygen atoms in total. The van der Waals surface area contributed by atoms with Gasteiger partial charge in [0, 0.05) is 12.1 Å². The van der Waals surface area contributed by atoms with Crippen molar-refractivity contribution in [1.82, 2.24) is 15.0 Å². The highest BCUT2D eigenvalue weighted by atomic mass is 16.5. The Morgan fingerprint density at radius 1 is 0.962 bits per heavy atom. The summed E-state index contributed by atoms with van der Waals surface area (Å²) in [4.78, 5) is 11.9. The summed E-state index contributed by atoms with van der Waals surface area (Å²) in [5.74, 6) is 1.43. The quantitative estimate of drug-likeness (QED) is 0.567. The average molecular weight is 345 g/mol. The number of fused-ring (bicyclic) bond motifs is 1. The van der Waals surface area contributed by atoms with E-state index in [1.807, 2.05) is 48.5 Å². The van der Waals surface area contributed by atoms with E-state index in [-0.39, 0.29) is 0 Å². The van der Waals surface area contributed by atoms with Crippen LogP contribution in [0.25, 0.3) is 22.3 Å². The zero-order valence-corrected chi connectivity index (χ0v) is 14.5. The first-order chi connectivity index (χ1) is 12.8. The van der Waals surface area contributed by atoms with Crippen LogP contribution < -0.4 is 9.47 Å². The van der Waals surface area contributed by atoms with Crippen LogP contribution in [-0.4, -0.2) is 28.7 Å². The minimum Gasteiger partial charge on any atom is -0.497 e. The van der Waals surface area contributed by atoms with Gasteiger partial charge >= 0.3 is 0 Å². The van der Waals surface area contributed by atoms with Crippen molar-refractivity contribution in [2.45, 2.75) is 6.42 Å². The first-order valence-corrected chi connectivity index (χ1v) is 8.48. The summed E-state index contributed by atoms with van der Waals surface area (Å²) in [5.41, 5.74) is 4.03. The third-order valence-electron chi connectivity index (χ3n) is 4.26. The number of H-pyrrole nitrogens is 1. The van der Waals surface area contributed by atoms with E-state index in [1.54, 1.807) is 7.11 Å². The highest BCUT2D eigenvalue weighted by Gasteiger charge is 2.10. The molecule has 0 amide bonds. The largest absolute Gasteiger partial charge is 0.497 e. The molecule has 2 aromatic heterocycles. The Bertz CT molecular complexity index is 995. The van der Waals surface area contributed by atoms with Crippen LogP contribution in [0.1, 0.15) is 5.56 Å². The van der Waals surface area contributed by atoms with Gasteiger partial charge in [0.15, 0.2) is 0 Å². The zero-order chi connectivity index (χ0) is 17.8. The maximum atomic E-state index is 5.92. The van der Waals surface area contributed by atoms with Crippen molar-refractivity contribution in [2.24, 2.45) is 0 Å². The molecule has 0 atom stereocenters. The molecule has 26 heavy (non-hydrogen) atoms. The minimum absolute atomic E-state index is 0.569. The Morgan fingerprint density at radius 2 is 1.77 bits per heavy atom. The molecule has 0 unspecified atom stereocenters. The van der Waals surface area contributed by atoms with Crippen molar-refractivity contribution in [2.75, 3.05) is 13.7 Å². The van der Waals surface area contributed by atoms with E-state index in [0.29, 0.717) is 12.5 Å². The van der Waals surface area contributed by atoms with Crippen LogP contribution in [0.4, 0.5) is 0 Å². The van der Waals surface area contributed by atoms with Crippen LogP contribution in [0, 0.1) is 0 Å². The van der Waals surface area contributed by atoms with E-state index in [0.717, 1.165) is 34.5 Å². The van der Waals surface area contributed by atoms with Gasteiger partial charge in [-0.25, -0.2) is 9.97 Å². The van der Waals surface area contributed by atoms with Crippen molar-refractivity contribution in [3.8, 4) is 22.9 Å².